The Hall–Kier alpha value is -2.13. The molecule has 0 spiro atoms. The summed E-state index contributed by atoms with van der Waals surface area (Å²) >= 11 is 0. The van der Waals surface area contributed by atoms with Crippen molar-refractivity contribution in [1.82, 2.24) is 10.0 Å². The van der Waals surface area contributed by atoms with Crippen LogP contribution in [0.25, 0.3) is 0 Å². The molecule has 0 aliphatic carbocycles. The molecule has 122 valence electrons. The van der Waals surface area contributed by atoms with Gasteiger partial charge in [-0.1, -0.05) is 6.07 Å². The Balaban J connectivity index is 2.92. The van der Waals surface area contributed by atoms with Gasteiger partial charge in [0.2, 0.25) is 5.91 Å². The van der Waals surface area contributed by atoms with Crippen LogP contribution >= 0.6 is 0 Å². The fraction of sp³-hybridized carbons (Fsp3) is 0.385. The first-order chi connectivity index (χ1) is 10.1. The molecule has 1 aromatic rings. The second-order valence-electron chi connectivity index (χ2n) is 5.04. The van der Waals surface area contributed by atoms with E-state index in [1.54, 1.807) is 13.8 Å². The Labute approximate surface area is 129 Å². The van der Waals surface area contributed by atoms with Crippen molar-refractivity contribution < 1.29 is 18.0 Å². The van der Waals surface area contributed by atoms with Gasteiger partial charge in [0, 0.05) is 11.7 Å². The number of carbonyl (C=O) groups is 2. The second kappa shape index (κ2) is 7.23. The van der Waals surface area contributed by atoms with Crippen LogP contribution in [0.2, 0.25) is 0 Å². The Morgan fingerprint density at radius 3 is 2.36 bits per heavy atom. The second-order valence-corrected chi connectivity index (χ2v) is 6.72. The predicted octanol–water partition coefficient (Wildman–Crippen LogP) is 0.369. The van der Waals surface area contributed by atoms with Crippen LogP contribution < -0.4 is 21.1 Å². The van der Waals surface area contributed by atoms with E-state index in [-0.39, 0.29) is 16.6 Å². The van der Waals surface area contributed by atoms with Gasteiger partial charge in [0.05, 0.1) is 10.9 Å². The van der Waals surface area contributed by atoms with Gasteiger partial charge in [-0.05, 0) is 39.0 Å². The minimum Gasteiger partial charge on any atom is -0.335 e. The van der Waals surface area contributed by atoms with Gasteiger partial charge >= 0.3 is 6.03 Å². The van der Waals surface area contributed by atoms with Gasteiger partial charge in [-0.15, -0.1) is 0 Å². The van der Waals surface area contributed by atoms with Crippen molar-refractivity contribution >= 4 is 27.6 Å². The zero-order valence-corrected chi connectivity index (χ0v) is 13.4. The molecule has 22 heavy (non-hydrogen) atoms. The molecule has 0 aromatic heterocycles. The van der Waals surface area contributed by atoms with E-state index in [9.17, 15) is 18.0 Å². The maximum Gasteiger partial charge on any atom is 0.328 e. The highest BCUT2D eigenvalue weighted by atomic mass is 32.2. The van der Waals surface area contributed by atoms with Crippen LogP contribution in [0.3, 0.4) is 0 Å². The Morgan fingerprint density at radius 2 is 1.82 bits per heavy atom. The normalized spacial score (nSPS) is 12.6. The van der Waals surface area contributed by atoms with Crippen molar-refractivity contribution in [3.05, 3.63) is 24.3 Å². The van der Waals surface area contributed by atoms with Crippen LogP contribution in [0, 0.1) is 0 Å². The fourth-order valence-electron chi connectivity index (χ4n) is 1.47. The number of hydrogen-bond acceptors (Lipinski definition) is 5. The Morgan fingerprint density at radius 1 is 1.18 bits per heavy atom. The third-order valence-electron chi connectivity index (χ3n) is 2.47. The van der Waals surface area contributed by atoms with Crippen LogP contribution in [-0.2, 0) is 14.8 Å². The quantitative estimate of drug-likeness (QED) is 0.620. The van der Waals surface area contributed by atoms with E-state index in [0.717, 1.165) is 0 Å². The Bertz CT molecular complexity index is 656. The molecule has 0 aliphatic heterocycles. The molecule has 9 heteroatoms. The summed E-state index contributed by atoms with van der Waals surface area (Å²) in [6.45, 7) is 4.92. The SMILES string of the molecule is CC(C)NC(=O)NS(=O)(=O)c1cccc(NC(=O)[C@H](C)N)c1. The minimum atomic E-state index is -4.03. The maximum absolute atomic E-state index is 12.1. The topological polar surface area (TPSA) is 130 Å². The van der Waals surface area contributed by atoms with Gasteiger partial charge < -0.3 is 16.4 Å². The standard InChI is InChI=1S/C13H20N4O4S/c1-8(2)15-13(19)17-22(20,21)11-6-4-5-10(7-11)16-12(18)9(3)14/h4-9H,14H2,1-3H3,(H,16,18)(H2,15,17,19)/t9-/m0/s1. The molecule has 0 unspecified atom stereocenters. The number of hydrogen-bond donors (Lipinski definition) is 4. The van der Waals surface area contributed by atoms with E-state index in [0.29, 0.717) is 0 Å². The summed E-state index contributed by atoms with van der Waals surface area (Å²) in [6, 6.07) is 3.78. The van der Waals surface area contributed by atoms with Crippen molar-refractivity contribution in [2.24, 2.45) is 5.73 Å². The largest absolute Gasteiger partial charge is 0.335 e. The number of amides is 3. The maximum atomic E-state index is 12.1. The number of nitrogens with two attached hydrogens (primary N) is 1. The molecule has 0 aliphatic rings. The van der Waals surface area contributed by atoms with E-state index >= 15 is 0 Å². The van der Waals surface area contributed by atoms with E-state index in [2.05, 4.69) is 10.6 Å². The summed E-state index contributed by atoms with van der Waals surface area (Å²) in [7, 11) is -4.03. The van der Waals surface area contributed by atoms with E-state index < -0.39 is 28.0 Å². The number of benzene rings is 1. The number of sulfonamides is 1. The van der Waals surface area contributed by atoms with Crippen LogP contribution in [0.15, 0.2) is 29.2 Å². The first kappa shape index (κ1) is 17.9. The van der Waals surface area contributed by atoms with Crippen molar-refractivity contribution in [3.8, 4) is 0 Å². The summed E-state index contributed by atoms with van der Waals surface area (Å²) in [5.74, 6) is -0.444. The molecule has 3 amide bonds. The summed E-state index contributed by atoms with van der Waals surface area (Å²) < 4.78 is 26.1. The van der Waals surface area contributed by atoms with E-state index in [1.807, 2.05) is 4.72 Å². The van der Waals surface area contributed by atoms with Gasteiger partial charge in [-0.3, -0.25) is 4.79 Å². The van der Waals surface area contributed by atoms with E-state index in [1.165, 1.54) is 31.2 Å². The number of rotatable bonds is 5. The predicted molar refractivity (Wildman–Crippen MR) is 82.7 cm³/mol. The summed E-state index contributed by atoms with van der Waals surface area (Å²) in [4.78, 5) is 22.9. The van der Waals surface area contributed by atoms with Crippen molar-refractivity contribution in [3.63, 3.8) is 0 Å². The van der Waals surface area contributed by atoms with Crippen molar-refractivity contribution in [2.45, 2.75) is 37.8 Å². The first-order valence-electron chi connectivity index (χ1n) is 6.61. The molecule has 8 nitrogen and oxygen atoms in total. The lowest BCUT2D eigenvalue weighted by Gasteiger charge is -2.12. The van der Waals surface area contributed by atoms with Crippen LogP contribution in [0.5, 0.6) is 0 Å². The average Bonchev–Trinajstić information content (AvgIpc) is 2.37. The monoisotopic (exact) mass is 328 g/mol. The first-order valence-corrected chi connectivity index (χ1v) is 8.10. The molecular weight excluding hydrogens is 308 g/mol. The molecule has 0 radical (unpaired) electrons. The zero-order valence-electron chi connectivity index (χ0n) is 12.6. The summed E-state index contributed by atoms with van der Waals surface area (Å²) in [5, 5.41) is 4.90. The molecule has 1 atom stereocenters. The van der Waals surface area contributed by atoms with Crippen LogP contribution in [0.4, 0.5) is 10.5 Å². The van der Waals surface area contributed by atoms with Crippen LogP contribution in [0.1, 0.15) is 20.8 Å². The third kappa shape index (κ3) is 5.34. The van der Waals surface area contributed by atoms with E-state index in [4.69, 9.17) is 5.73 Å². The number of nitrogens with one attached hydrogen (secondary N) is 3. The molecule has 1 aromatic carbocycles. The fourth-order valence-corrected chi connectivity index (χ4v) is 2.43. The molecule has 0 bridgehead atoms. The summed E-state index contributed by atoms with van der Waals surface area (Å²) in [5.41, 5.74) is 5.70. The molecular formula is C13H20N4O4S. The van der Waals surface area contributed by atoms with Gasteiger partial charge in [-0.2, -0.15) is 0 Å². The lowest BCUT2D eigenvalue weighted by molar-refractivity contribution is -0.117. The molecule has 0 heterocycles. The van der Waals surface area contributed by atoms with Gasteiger partial charge in [0.15, 0.2) is 0 Å². The molecule has 5 N–H and O–H groups in total. The van der Waals surface area contributed by atoms with Crippen LogP contribution in [-0.4, -0.2) is 32.4 Å². The number of carbonyl (C=O) groups excluding carboxylic acids is 2. The molecule has 1 rings (SSSR count). The highest BCUT2D eigenvalue weighted by Gasteiger charge is 2.18. The molecule has 0 saturated heterocycles. The zero-order chi connectivity index (χ0) is 16.9. The molecule has 0 fully saturated rings. The molecule has 0 saturated carbocycles. The lowest BCUT2D eigenvalue weighted by Crippen LogP contribution is -2.42. The van der Waals surface area contributed by atoms with Crippen molar-refractivity contribution in [2.75, 3.05) is 5.32 Å². The van der Waals surface area contributed by atoms with Gasteiger partial charge in [0.25, 0.3) is 10.0 Å². The average molecular weight is 328 g/mol. The third-order valence-corrected chi connectivity index (χ3v) is 3.80. The van der Waals surface area contributed by atoms with Gasteiger partial charge in [-0.25, -0.2) is 17.9 Å². The highest BCUT2D eigenvalue weighted by molar-refractivity contribution is 7.90. The number of anilines is 1. The number of urea groups is 1. The van der Waals surface area contributed by atoms with Gasteiger partial charge in [0.1, 0.15) is 0 Å². The highest BCUT2D eigenvalue weighted by Crippen LogP contribution is 2.15. The smallest absolute Gasteiger partial charge is 0.328 e. The summed E-state index contributed by atoms with van der Waals surface area (Å²) in [6.07, 6.45) is 0. The Kier molecular flexibility index (Phi) is 5.89. The van der Waals surface area contributed by atoms with Crippen molar-refractivity contribution in [1.29, 1.82) is 0 Å². The minimum absolute atomic E-state index is 0.145. The lowest BCUT2D eigenvalue weighted by atomic mass is 10.3.